The molecule has 0 N–H and O–H groups in total. The lowest BCUT2D eigenvalue weighted by Gasteiger charge is -2.42. The second-order valence-electron chi connectivity index (χ2n) is 17.3. The minimum atomic E-state index is -0.508. The highest BCUT2D eigenvalue weighted by Crippen LogP contribution is 2.66. The summed E-state index contributed by atoms with van der Waals surface area (Å²) in [6, 6.07) is 68.7. The van der Waals surface area contributed by atoms with Gasteiger partial charge in [0.25, 0.3) is 0 Å². The van der Waals surface area contributed by atoms with Gasteiger partial charge in [0.15, 0.2) is 0 Å². The summed E-state index contributed by atoms with van der Waals surface area (Å²) in [4.78, 5) is 5.07. The number of hydrogen-bond acceptors (Lipinski definition) is 2. The molecule has 0 saturated heterocycles. The topological polar surface area (TPSA) is 6.48 Å². The molecule has 0 unspecified atom stereocenters. The molecule has 57 heavy (non-hydrogen) atoms. The molecule has 8 aromatic carbocycles. The average molecular weight is 731 g/mol. The van der Waals surface area contributed by atoms with Crippen molar-refractivity contribution in [2.45, 2.75) is 43.9 Å². The highest BCUT2D eigenvalue weighted by Gasteiger charge is 2.53. The van der Waals surface area contributed by atoms with Crippen LogP contribution in [0.4, 0.5) is 34.1 Å². The molecule has 1 spiro atoms. The molecule has 2 heterocycles. The molecule has 0 fully saturated rings. The largest absolute Gasteiger partial charge is 0.310 e. The van der Waals surface area contributed by atoms with Crippen LogP contribution < -0.4 is 9.80 Å². The molecule has 0 atom stereocenters. The number of anilines is 6. The third-order valence-electron chi connectivity index (χ3n) is 13.8. The second kappa shape index (κ2) is 11.2. The molecule has 12 rings (SSSR count). The Morgan fingerprint density at radius 1 is 0.298 bits per heavy atom. The highest BCUT2D eigenvalue weighted by atomic mass is 15.2. The number of rotatable bonds is 2. The van der Waals surface area contributed by atoms with Gasteiger partial charge in [-0.15, -0.1) is 0 Å². The lowest BCUT2D eigenvalue weighted by molar-refractivity contribution is 0.631. The Balaban J connectivity index is 1.19. The molecule has 272 valence electrons. The van der Waals surface area contributed by atoms with Crippen LogP contribution in [-0.2, 0) is 16.2 Å². The molecular formula is C55H42N2. The quantitative estimate of drug-likeness (QED) is 0.175. The van der Waals surface area contributed by atoms with Crippen molar-refractivity contribution in [1.82, 2.24) is 0 Å². The predicted molar refractivity (Wildman–Crippen MR) is 236 cm³/mol. The Hall–Kier alpha value is -6.64. The van der Waals surface area contributed by atoms with Crippen LogP contribution in [0.2, 0.25) is 0 Å². The van der Waals surface area contributed by atoms with Gasteiger partial charge in [0.05, 0.1) is 33.9 Å². The summed E-state index contributed by atoms with van der Waals surface area (Å²) < 4.78 is 0. The summed E-state index contributed by atoms with van der Waals surface area (Å²) >= 11 is 0. The summed E-state index contributed by atoms with van der Waals surface area (Å²) in [7, 11) is 0. The van der Waals surface area contributed by atoms with E-state index in [1.54, 1.807) is 0 Å². The van der Waals surface area contributed by atoms with Gasteiger partial charge in [-0.1, -0.05) is 167 Å². The lowest BCUT2D eigenvalue weighted by atomic mass is 9.70. The van der Waals surface area contributed by atoms with Crippen LogP contribution in [0, 0.1) is 0 Å². The summed E-state index contributed by atoms with van der Waals surface area (Å²) in [6.07, 6.45) is 0. The molecule has 2 nitrogen and oxygen atoms in total. The first-order valence-electron chi connectivity index (χ1n) is 20.3. The third-order valence-corrected chi connectivity index (χ3v) is 13.8. The van der Waals surface area contributed by atoms with Crippen LogP contribution in [0.25, 0.3) is 22.3 Å². The van der Waals surface area contributed by atoms with Gasteiger partial charge in [-0.2, -0.15) is 0 Å². The molecule has 0 amide bonds. The fourth-order valence-corrected chi connectivity index (χ4v) is 11.4. The van der Waals surface area contributed by atoms with E-state index in [0.717, 1.165) is 0 Å². The maximum atomic E-state index is 2.55. The van der Waals surface area contributed by atoms with Gasteiger partial charge in [-0.05, 0) is 104 Å². The number of fused-ring (bicyclic) bond motifs is 14. The molecule has 0 aromatic heterocycles. The van der Waals surface area contributed by atoms with E-state index >= 15 is 0 Å². The van der Waals surface area contributed by atoms with Gasteiger partial charge >= 0.3 is 0 Å². The van der Waals surface area contributed by atoms with Crippen molar-refractivity contribution >= 4 is 34.1 Å². The highest BCUT2D eigenvalue weighted by molar-refractivity contribution is 6.03. The fourth-order valence-electron chi connectivity index (χ4n) is 11.4. The van der Waals surface area contributed by atoms with E-state index in [-0.39, 0.29) is 10.8 Å². The van der Waals surface area contributed by atoms with Crippen LogP contribution in [0.1, 0.15) is 72.2 Å². The minimum Gasteiger partial charge on any atom is -0.310 e. The zero-order valence-corrected chi connectivity index (χ0v) is 32.7. The van der Waals surface area contributed by atoms with Crippen LogP contribution >= 0.6 is 0 Å². The zero-order chi connectivity index (χ0) is 38.3. The van der Waals surface area contributed by atoms with E-state index < -0.39 is 5.41 Å². The molecule has 0 radical (unpaired) electrons. The zero-order valence-electron chi connectivity index (χ0n) is 32.7. The molecule has 0 bridgehead atoms. The predicted octanol–water partition coefficient (Wildman–Crippen LogP) is 14.2. The van der Waals surface area contributed by atoms with Gasteiger partial charge in [0.2, 0.25) is 0 Å². The van der Waals surface area contributed by atoms with Gasteiger partial charge in [-0.25, -0.2) is 0 Å². The number of hydrogen-bond donors (Lipinski definition) is 0. The van der Waals surface area contributed by atoms with Gasteiger partial charge in [0, 0.05) is 22.1 Å². The van der Waals surface area contributed by atoms with E-state index in [1.807, 2.05) is 0 Å². The van der Waals surface area contributed by atoms with Crippen LogP contribution in [0.3, 0.4) is 0 Å². The summed E-state index contributed by atoms with van der Waals surface area (Å²) in [5, 5.41) is 0. The minimum absolute atomic E-state index is 0.133. The molecule has 2 heteroatoms. The smallest absolute Gasteiger partial charge is 0.0727 e. The van der Waals surface area contributed by atoms with Crippen LogP contribution in [-0.4, -0.2) is 0 Å². The Kier molecular flexibility index (Phi) is 6.42. The summed E-state index contributed by atoms with van der Waals surface area (Å²) in [6.45, 7) is 9.46. The molecule has 2 aliphatic heterocycles. The van der Waals surface area contributed by atoms with Gasteiger partial charge in [0.1, 0.15) is 0 Å². The van der Waals surface area contributed by atoms with Crippen molar-refractivity contribution in [3.63, 3.8) is 0 Å². The van der Waals surface area contributed by atoms with Gasteiger partial charge in [-0.3, -0.25) is 0 Å². The SMILES string of the molecule is CC1(C)c2ccccc2N(c2ccc3c(c2)C2(c4ccccc4-c4ccccc42)c2cccc(N4c5ccccc5C(C)(C)c5ccccc54)c2-3)c2ccccc21. The number of para-hydroxylation sites is 4. The Morgan fingerprint density at radius 2 is 0.684 bits per heavy atom. The van der Waals surface area contributed by atoms with E-state index in [0.29, 0.717) is 0 Å². The third kappa shape index (κ3) is 4.00. The summed E-state index contributed by atoms with van der Waals surface area (Å²) in [5.41, 5.74) is 22.5. The first kappa shape index (κ1) is 32.6. The first-order valence-corrected chi connectivity index (χ1v) is 20.3. The number of benzene rings is 8. The van der Waals surface area contributed by atoms with Crippen molar-refractivity contribution in [1.29, 1.82) is 0 Å². The van der Waals surface area contributed by atoms with Crippen molar-refractivity contribution in [3.05, 3.63) is 226 Å². The summed E-state index contributed by atoms with van der Waals surface area (Å²) in [5.74, 6) is 0. The lowest BCUT2D eigenvalue weighted by Crippen LogP contribution is -2.31. The van der Waals surface area contributed by atoms with E-state index in [9.17, 15) is 0 Å². The normalized spacial score (nSPS) is 16.4. The van der Waals surface area contributed by atoms with E-state index in [2.05, 4.69) is 219 Å². The molecule has 2 aliphatic carbocycles. The van der Waals surface area contributed by atoms with Crippen LogP contribution in [0.15, 0.2) is 182 Å². The van der Waals surface area contributed by atoms with Crippen molar-refractivity contribution in [2.75, 3.05) is 9.80 Å². The molecule has 8 aromatic rings. The Bertz CT molecular complexity index is 2860. The Labute approximate surface area is 335 Å². The standard InChI is InChI=1S/C55H42N2/c1-53(2)41-22-9-13-27-47(41)56(48-28-14-10-23-42(48)53)35-32-33-38-46(34-35)55(39-20-7-5-18-36(39)37-19-6-8-21-40(37)55)45-26-17-31-51(52(38)45)57-49-29-15-11-24-43(49)54(3,4)44-25-12-16-30-50(44)57/h5-34H,1-4H3. The first-order chi connectivity index (χ1) is 27.8. The van der Waals surface area contributed by atoms with Crippen molar-refractivity contribution in [2.24, 2.45) is 0 Å². The molecule has 0 saturated carbocycles. The maximum Gasteiger partial charge on any atom is 0.0727 e. The Morgan fingerprint density at radius 3 is 1.18 bits per heavy atom. The fraction of sp³-hybridized carbons (Fsp3) is 0.127. The van der Waals surface area contributed by atoms with E-state index in [4.69, 9.17) is 0 Å². The van der Waals surface area contributed by atoms with E-state index in [1.165, 1.54) is 101 Å². The van der Waals surface area contributed by atoms with Crippen LogP contribution in [0.5, 0.6) is 0 Å². The molecule has 4 aliphatic rings. The van der Waals surface area contributed by atoms with Crippen molar-refractivity contribution in [3.8, 4) is 22.3 Å². The molecular weight excluding hydrogens is 689 g/mol. The second-order valence-corrected chi connectivity index (χ2v) is 17.3. The number of nitrogens with zero attached hydrogens (tertiary/aromatic N) is 2. The van der Waals surface area contributed by atoms with Gasteiger partial charge < -0.3 is 9.80 Å². The maximum absolute atomic E-state index is 2.55. The average Bonchev–Trinajstić information content (AvgIpc) is 3.72. The van der Waals surface area contributed by atoms with Crippen molar-refractivity contribution < 1.29 is 0 Å². The monoisotopic (exact) mass is 730 g/mol.